The Bertz CT molecular complexity index is 554. The van der Waals surface area contributed by atoms with Crippen LogP contribution in [0.25, 0.3) is 6.08 Å². The number of benzene rings is 1. The molecule has 0 spiro atoms. The van der Waals surface area contributed by atoms with Crippen LogP contribution >= 0.6 is 0 Å². The predicted molar refractivity (Wildman–Crippen MR) is 82.4 cm³/mol. The topological polar surface area (TPSA) is 88.1 Å². The summed E-state index contributed by atoms with van der Waals surface area (Å²) >= 11 is 0. The normalized spacial score (nSPS) is 10.6. The summed E-state index contributed by atoms with van der Waals surface area (Å²) in [5.74, 6) is -2.37. The van der Waals surface area contributed by atoms with Crippen LogP contribution in [0.5, 0.6) is 0 Å². The largest absolute Gasteiger partial charge is 0.899 e. The first-order valence-electron chi connectivity index (χ1n) is 6.70. The van der Waals surface area contributed by atoms with Crippen molar-refractivity contribution in [2.45, 2.75) is 27.4 Å². The molecule has 0 aliphatic heterocycles. The van der Waals surface area contributed by atoms with Gasteiger partial charge in [-0.3, -0.25) is 14.4 Å². The lowest BCUT2D eigenvalue weighted by molar-refractivity contribution is -0.156. The summed E-state index contributed by atoms with van der Waals surface area (Å²) in [7, 11) is -4.26. The number of carbonyl (C=O) groups is 3. The minimum absolute atomic E-state index is 0.0719. The maximum absolute atomic E-state index is 11.3. The maximum atomic E-state index is 11.3. The molecule has 0 saturated heterocycles. The molecule has 0 atom stereocenters. The third-order valence-electron chi connectivity index (χ3n) is 2.44. The molecule has 1 aromatic rings. The summed E-state index contributed by atoms with van der Waals surface area (Å²) in [6, 6.07) is 7.12. The van der Waals surface area contributed by atoms with E-state index in [1.807, 2.05) is 0 Å². The van der Waals surface area contributed by atoms with Crippen LogP contribution < -0.4 is 0 Å². The fraction of sp³-hybridized carbons (Fsp3) is 0.267. The molecule has 7 nitrogen and oxygen atoms in total. The summed E-state index contributed by atoms with van der Waals surface area (Å²) < 4.78 is 20.1. The number of hydrogen-bond acceptors (Lipinski definition) is 7. The van der Waals surface area contributed by atoms with E-state index in [2.05, 4.69) is 6.58 Å². The summed E-state index contributed by atoms with van der Waals surface area (Å²) in [5.41, 5.74) is 1.62. The highest BCUT2D eigenvalue weighted by Gasteiger charge is 2.57. The third kappa shape index (κ3) is 6.45. The molecule has 23 heavy (non-hydrogen) atoms. The molecule has 8 heteroatoms. The van der Waals surface area contributed by atoms with Gasteiger partial charge in [0.2, 0.25) is 0 Å². The van der Waals surface area contributed by atoms with Crippen molar-refractivity contribution in [2.75, 3.05) is 0 Å². The Kier molecular flexibility index (Phi) is 6.67. The van der Waals surface area contributed by atoms with Gasteiger partial charge in [-0.1, -0.05) is 36.9 Å². The van der Waals surface area contributed by atoms with Gasteiger partial charge in [0, 0.05) is 20.8 Å². The molecule has 0 radical (unpaired) electrons. The van der Waals surface area contributed by atoms with Gasteiger partial charge in [-0.15, -0.1) is 0 Å². The summed E-state index contributed by atoms with van der Waals surface area (Å²) in [5, 5.41) is 0. The van der Waals surface area contributed by atoms with Crippen LogP contribution in [0.1, 0.15) is 31.9 Å². The number of hydrogen-bond donors (Lipinski definition) is 0. The van der Waals surface area contributed by atoms with E-state index >= 15 is 0 Å². The van der Waals surface area contributed by atoms with E-state index < -0.39 is 27.0 Å². The monoisotopic (exact) mass is 338 g/mol. The molecule has 0 fully saturated rings. The Labute approximate surface area is 135 Å². The zero-order valence-corrected chi connectivity index (χ0v) is 14.2. The zero-order valence-electron chi connectivity index (χ0n) is 13.2. The van der Waals surface area contributed by atoms with Crippen molar-refractivity contribution in [2.24, 2.45) is 0 Å². The molecule has 0 amide bonds. The number of rotatable bonds is 7. The molecule has 0 unspecified atom stereocenters. The van der Waals surface area contributed by atoms with Gasteiger partial charge in [0.15, 0.2) is 0 Å². The average molecular weight is 338 g/mol. The van der Waals surface area contributed by atoms with Gasteiger partial charge in [-0.05, 0) is 11.1 Å². The predicted octanol–water partition coefficient (Wildman–Crippen LogP) is 1.97. The lowest BCUT2D eigenvalue weighted by Crippen LogP contribution is -2.52. The van der Waals surface area contributed by atoms with E-state index in [4.69, 9.17) is 17.7 Å². The molecular weight excluding hydrogens is 320 g/mol. The van der Waals surface area contributed by atoms with Crippen molar-refractivity contribution in [1.29, 1.82) is 0 Å². The Hall–Kier alpha value is -2.45. The summed E-state index contributed by atoms with van der Waals surface area (Å²) in [6.45, 7) is 6.86. The zero-order chi connectivity index (χ0) is 17.5. The smallest absolute Gasteiger partial charge is 0.433 e. The molecule has 124 valence electrons. The minimum Gasteiger partial charge on any atom is -0.433 e. The van der Waals surface area contributed by atoms with Crippen molar-refractivity contribution in [3.8, 4) is 0 Å². The van der Waals surface area contributed by atoms with Crippen LogP contribution in [0.4, 0.5) is 0 Å². The first kappa shape index (κ1) is 18.6. The van der Waals surface area contributed by atoms with Gasteiger partial charge >= 0.3 is 9.05 Å². The molecule has 0 aliphatic carbocycles. The highest BCUT2D eigenvalue weighted by atomic mass is 28.4. The second-order valence-corrected chi connectivity index (χ2v) is 6.42. The fourth-order valence-corrected chi connectivity index (χ4v) is 3.30. The van der Waals surface area contributed by atoms with E-state index in [1.165, 1.54) is 0 Å². The SMILES string of the molecule is C=Cc1ccc(CO[Si](OC(C)=O)(OC(C)=O)OC(C)=O)cc1. The summed E-state index contributed by atoms with van der Waals surface area (Å²) in [4.78, 5) is 33.8. The number of carbonyl (C=O) groups excluding carboxylic acids is 3. The second-order valence-electron chi connectivity index (χ2n) is 4.52. The van der Waals surface area contributed by atoms with Crippen molar-refractivity contribution in [3.05, 3.63) is 42.0 Å². The molecule has 0 aliphatic rings. The first-order valence-corrected chi connectivity index (χ1v) is 8.33. The van der Waals surface area contributed by atoms with Gasteiger partial charge < -0.3 is 17.7 Å². The fourth-order valence-electron chi connectivity index (χ4n) is 1.60. The lowest BCUT2D eigenvalue weighted by Gasteiger charge is -2.24. The lowest BCUT2D eigenvalue weighted by atomic mass is 10.1. The third-order valence-corrected chi connectivity index (χ3v) is 4.55. The molecule has 1 rings (SSSR count). The highest BCUT2D eigenvalue weighted by Crippen LogP contribution is 2.17. The highest BCUT2D eigenvalue weighted by molar-refractivity contribution is 6.59. The molecule has 0 heterocycles. The van der Waals surface area contributed by atoms with E-state index in [-0.39, 0.29) is 6.61 Å². The second kappa shape index (κ2) is 8.25. The molecule has 0 aromatic heterocycles. The quantitative estimate of drug-likeness (QED) is 0.702. The Morgan fingerprint density at radius 2 is 1.39 bits per heavy atom. The van der Waals surface area contributed by atoms with Gasteiger partial charge in [-0.2, -0.15) is 0 Å². The van der Waals surface area contributed by atoms with E-state index in [9.17, 15) is 14.4 Å². The molecule has 0 saturated carbocycles. The van der Waals surface area contributed by atoms with Crippen molar-refractivity contribution in [3.63, 3.8) is 0 Å². The summed E-state index contributed by atoms with van der Waals surface area (Å²) in [6.07, 6.45) is 1.68. The van der Waals surface area contributed by atoms with Crippen LogP contribution in [0.15, 0.2) is 30.8 Å². The Balaban J connectivity index is 2.95. The van der Waals surface area contributed by atoms with E-state index in [0.29, 0.717) is 5.56 Å². The van der Waals surface area contributed by atoms with Gasteiger partial charge in [0.25, 0.3) is 17.9 Å². The van der Waals surface area contributed by atoms with Crippen molar-refractivity contribution < 1.29 is 32.1 Å². The van der Waals surface area contributed by atoms with Crippen LogP contribution in [-0.4, -0.2) is 27.0 Å². The van der Waals surface area contributed by atoms with E-state index in [0.717, 1.165) is 26.3 Å². The van der Waals surface area contributed by atoms with Gasteiger partial charge in [-0.25, -0.2) is 0 Å². The Morgan fingerprint density at radius 3 is 1.74 bits per heavy atom. The maximum Gasteiger partial charge on any atom is 0.899 e. The first-order chi connectivity index (χ1) is 10.8. The van der Waals surface area contributed by atoms with Gasteiger partial charge in [0.05, 0.1) is 6.61 Å². The van der Waals surface area contributed by atoms with Crippen molar-refractivity contribution >= 4 is 33.0 Å². The molecule has 0 N–H and O–H groups in total. The van der Waals surface area contributed by atoms with E-state index in [1.54, 1.807) is 30.3 Å². The van der Waals surface area contributed by atoms with Gasteiger partial charge in [0.1, 0.15) is 0 Å². The molecule has 0 bridgehead atoms. The van der Waals surface area contributed by atoms with Crippen LogP contribution in [0.2, 0.25) is 0 Å². The van der Waals surface area contributed by atoms with Crippen LogP contribution in [-0.2, 0) is 38.7 Å². The Morgan fingerprint density at radius 1 is 0.957 bits per heavy atom. The van der Waals surface area contributed by atoms with Crippen molar-refractivity contribution in [1.82, 2.24) is 0 Å². The average Bonchev–Trinajstić information content (AvgIpc) is 2.43. The molecular formula is C15H18O7Si. The molecule has 1 aromatic carbocycles. The van der Waals surface area contributed by atoms with Crippen LogP contribution in [0, 0.1) is 0 Å². The van der Waals surface area contributed by atoms with Crippen LogP contribution in [0.3, 0.4) is 0 Å². The standard InChI is InChI=1S/C15H18O7Si/c1-5-14-6-8-15(9-7-14)10-19-23(20-11(2)16,21-12(3)17)22-13(4)18/h5-9H,1,10H2,2-4H3. The minimum atomic E-state index is -4.26.